The molecule has 0 aliphatic carbocycles. The SMILES string of the molecule is CCOC(=O)c1cc(CC)sc1NC(=O)CCc1c(C)nc2nc(C(F)(F)F)nn2c1C. The summed E-state index contributed by atoms with van der Waals surface area (Å²) in [7, 11) is 0. The topological polar surface area (TPSA) is 98.5 Å². The predicted molar refractivity (Wildman–Crippen MR) is 112 cm³/mol. The number of carbonyl (C=O) groups is 2. The third-order valence-electron chi connectivity index (χ3n) is 4.78. The van der Waals surface area contributed by atoms with E-state index >= 15 is 0 Å². The van der Waals surface area contributed by atoms with Crippen LogP contribution in [0.1, 0.15) is 58.3 Å². The monoisotopic (exact) mass is 469 g/mol. The number of rotatable bonds is 7. The number of alkyl halides is 3. The van der Waals surface area contributed by atoms with E-state index in [2.05, 4.69) is 20.4 Å². The molecule has 0 spiro atoms. The highest BCUT2D eigenvalue weighted by molar-refractivity contribution is 7.16. The van der Waals surface area contributed by atoms with Crippen LogP contribution in [0.3, 0.4) is 0 Å². The fourth-order valence-corrected chi connectivity index (χ4v) is 4.19. The fourth-order valence-electron chi connectivity index (χ4n) is 3.19. The first-order valence-corrected chi connectivity index (χ1v) is 10.8. The second-order valence-corrected chi connectivity index (χ2v) is 8.12. The van der Waals surface area contributed by atoms with Crippen LogP contribution in [0.25, 0.3) is 5.78 Å². The maximum absolute atomic E-state index is 12.9. The second-order valence-electron chi connectivity index (χ2n) is 6.98. The molecule has 1 amide bonds. The Labute approximate surface area is 185 Å². The zero-order valence-electron chi connectivity index (χ0n) is 18.0. The molecule has 0 aliphatic heterocycles. The maximum atomic E-state index is 12.9. The molecule has 12 heteroatoms. The van der Waals surface area contributed by atoms with Gasteiger partial charge < -0.3 is 10.1 Å². The zero-order chi connectivity index (χ0) is 23.6. The lowest BCUT2D eigenvalue weighted by Gasteiger charge is -2.10. The van der Waals surface area contributed by atoms with Gasteiger partial charge in [-0.25, -0.2) is 14.3 Å². The molecular formula is C20H22F3N5O3S. The molecule has 3 heterocycles. The van der Waals surface area contributed by atoms with Crippen LogP contribution in [-0.4, -0.2) is 38.1 Å². The van der Waals surface area contributed by atoms with E-state index in [-0.39, 0.29) is 31.1 Å². The lowest BCUT2D eigenvalue weighted by atomic mass is 10.1. The number of anilines is 1. The standard InChI is InChI=1S/C20H22F3N5O3S/c1-5-12-9-14(17(30)31-6-2)16(32-12)25-15(29)8-7-13-10(3)24-19-26-18(20(21,22)23)27-28(19)11(13)4/h9H,5-8H2,1-4H3,(H,25,29). The number of halogens is 3. The van der Waals surface area contributed by atoms with Crippen LogP contribution in [-0.2, 0) is 28.5 Å². The summed E-state index contributed by atoms with van der Waals surface area (Å²) in [6.45, 7) is 7.11. The Hall–Kier alpha value is -3.02. The van der Waals surface area contributed by atoms with Crippen LogP contribution in [0.2, 0.25) is 0 Å². The van der Waals surface area contributed by atoms with Crippen molar-refractivity contribution in [3.05, 3.63) is 39.3 Å². The van der Waals surface area contributed by atoms with Gasteiger partial charge in [-0.15, -0.1) is 16.4 Å². The maximum Gasteiger partial charge on any atom is 0.453 e. The van der Waals surface area contributed by atoms with E-state index in [1.807, 2.05) is 6.92 Å². The third-order valence-corrected chi connectivity index (χ3v) is 5.98. The highest BCUT2D eigenvalue weighted by Gasteiger charge is 2.37. The largest absolute Gasteiger partial charge is 0.462 e. The van der Waals surface area contributed by atoms with Gasteiger partial charge in [0, 0.05) is 22.7 Å². The number of hydrogen-bond donors (Lipinski definition) is 1. The average molecular weight is 469 g/mol. The molecule has 32 heavy (non-hydrogen) atoms. The third kappa shape index (κ3) is 4.90. The van der Waals surface area contributed by atoms with Crippen molar-refractivity contribution in [2.75, 3.05) is 11.9 Å². The molecule has 0 fully saturated rings. The zero-order valence-corrected chi connectivity index (χ0v) is 18.8. The molecule has 1 N–H and O–H groups in total. The Morgan fingerprint density at radius 2 is 1.94 bits per heavy atom. The molecule has 0 saturated heterocycles. The number of carbonyl (C=O) groups excluding carboxylic acids is 2. The molecule has 8 nitrogen and oxygen atoms in total. The van der Waals surface area contributed by atoms with Crippen LogP contribution in [0.15, 0.2) is 6.07 Å². The summed E-state index contributed by atoms with van der Waals surface area (Å²) in [4.78, 5) is 33.2. The lowest BCUT2D eigenvalue weighted by Crippen LogP contribution is -2.16. The van der Waals surface area contributed by atoms with Crippen molar-refractivity contribution >= 4 is 34.0 Å². The highest BCUT2D eigenvalue weighted by Crippen LogP contribution is 2.30. The van der Waals surface area contributed by atoms with Crippen molar-refractivity contribution in [1.29, 1.82) is 0 Å². The molecule has 0 aromatic carbocycles. The first-order valence-electron chi connectivity index (χ1n) is 9.94. The van der Waals surface area contributed by atoms with E-state index in [9.17, 15) is 22.8 Å². The van der Waals surface area contributed by atoms with Crippen LogP contribution < -0.4 is 5.32 Å². The van der Waals surface area contributed by atoms with Gasteiger partial charge in [-0.2, -0.15) is 18.2 Å². The number of ether oxygens (including phenoxy) is 1. The van der Waals surface area contributed by atoms with E-state index in [1.165, 1.54) is 11.3 Å². The summed E-state index contributed by atoms with van der Waals surface area (Å²) < 4.78 is 44.9. The first kappa shape index (κ1) is 23.6. The second kappa shape index (κ2) is 9.23. The summed E-state index contributed by atoms with van der Waals surface area (Å²) in [6.07, 6.45) is -3.71. The minimum absolute atomic E-state index is 0.0390. The lowest BCUT2D eigenvalue weighted by molar-refractivity contribution is -0.144. The minimum Gasteiger partial charge on any atom is -0.462 e. The van der Waals surface area contributed by atoms with E-state index in [0.29, 0.717) is 33.9 Å². The molecule has 3 aromatic rings. The number of nitrogens with one attached hydrogen (secondary N) is 1. The van der Waals surface area contributed by atoms with Crippen molar-refractivity contribution in [2.24, 2.45) is 0 Å². The Morgan fingerprint density at radius 3 is 2.56 bits per heavy atom. The van der Waals surface area contributed by atoms with Crippen LogP contribution >= 0.6 is 11.3 Å². The number of aromatic nitrogens is 4. The number of amides is 1. The van der Waals surface area contributed by atoms with Gasteiger partial charge in [-0.3, -0.25) is 4.79 Å². The van der Waals surface area contributed by atoms with Crippen molar-refractivity contribution in [1.82, 2.24) is 19.6 Å². The van der Waals surface area contributed by atoms with Crippen LogP contribution in [0, 0.1) is 13.8 Å². The molecule has 0 atom stereocenters. The fraction of sp³-hybridized carbons (Fsp3) is 0.450. The Bertz CT molecular complexity index is 1170. The minimum atomic E-state index is -4.68. The molecule has 0 bridgehead atoms. The first-order chi connectivity index (χ1) is 15.0. The van der Waals surface area contributed by atoms with Gasteiger partial charge >= 0.3 is 12.1 Å². The Balaban J connectivity index is 1.78. The van der Waals surface area contributed by atoms with Crippen LogP contribution in [0.4, 0.5) is 18.2 Å². The predicted octanol–water partition coefficient (Wildman–Crippen LogP) is 4.13. The summed E-state index contributed by atoms with van der Waals surface area (Å²) in [5, 5.41) is 6.67. The molecule has 172 valence electrons. The van der Waals surface area contributed by atoms with Gasteiger partial charge in [0.15, 0.2) is 0 Å². The van der Waals surface area contributed by atoms with Gasteiger partial charge in [-0.05, 0) is 45.2 Å². The molecule has 3 aromatic heterocycles. The number of hydrogen-bond acceptors (Lipinski definition) is 7. The molecular weight excluding hydrogens is 447 g/mol. The number of thiophene rings is 1. The summed E-state index contributed by atoms with van der Waals surface area (Å²) >= 11 is 1.30. The smallest absolute Gasteiger partial charge is 0.453 e. The van der Waals surface area contributed by atoms with E-state index in [1.54, 1.807) is 26.8 Å². The number of nitrogens with zero attached hydrogens (tertiary/aromatic N) is 4. The number of esters is 1. The Kier molecular flexibility index (Phi) is 6.82. The van der Waals surface area contributed by atoms with Gasteiger partial charge in [-0.1, -0.05) is 6.92 Å². The van der Waals surface area contributed by atoms with Crippen molar-refractivity contribution in [3.8, 4) is 0 Å². The van der Waals surface area contributed by atoms with Crippen molar-refractivity contribution in [2.45, 2.75) is 53.1 Å². The van der Waals surface area contributed by atoms with Gasteiger partial charge in [0.05, 0.1) is 12.2 Å². The molecule has 3 rings (SSSR count). The normalized spacial score (nSPS) is 11.7. The van der Waals surface area contributed by atoms with Crippen molar-refractivity contribution in [3.63, 3.8) is 0 Å². The number of aryl methyl sites for hydroxylation is 3. The van der Waals surface area contributed by atoms with Crippen molar-refractivity contribution < 1.29 is 27.5 Å². The van der Waals surface area contributed by atoms with Gasteiger partial charge in [0.1, 0.15) is 5.00 Å². The van der Waals surface area contributed by atoms with E-state index in [4.69, 9.17) is 4.74 Å². The molecule has 0 unspecified atom stereocenters. The summed E-state index contributed by atoms with van der Waals surface area (Å²) in [6, 6.07) is 1.70. The summed E-state index contributed by atoms with van der Waals surface area (Å²) in [5.74, 6) is -2.26. The molecule has 0 aliphatic rings. The molecule has 0 saturated carbocycles. The van der Waals surface area contributed by atoms with Gasteiger partial charge in [0.25, 0.3) is 11.6 Å². The number of fused-ring (bicyclic) bond motifs is 1. The van der Waals surface area contributed by atoms with Crippen LogP contribution in [0.5, 0.6) is 0 Å². The quantitative estimate of drug-likeness (QED) is 0.523. The van der Waals surface area contributed by atoms with Gasteiger partial charge in [0.2, 0.25) is 5.91 Å². The molecule has 0 radical (unpaired) electrons. The summed E-state index contributed by atoms with van der Waals surface area (Å²) in [5.41, 5.74) is 1.82. The highest BCUT2D eigenvalue weighted by atomic mass is 32.1. The van der Waals surface area contributed by atoms with E-state index in [0.717, 1.165) is 9.39 Å². The van der Waals surface area contributed by atoms with E-state index < -0.39 is 18.0 Å². The Morgan fingerprint density at radius 1 is 1.22 bits per heavy atom. The average Bonchev–Trinajstić information content (AvgIpc) is 3.32.